The van der Waals surface area contributed by atoms with Crippen LogP contribution in [0.3, 0.4) is 0 Å². The van der Waals surface area contributed by atoms with Crippen LogP contribution in [0.5, 0.6) is 0 Å². The topological polar surface area (TPSA) is 66.8 Å². The van der Waals surface area contributed by atoms with Crippen molar-refractivity contribution in [3.63, 3.8) is 0 Å². The molecule has 74 valence electrons. The van der Waals surface area contributed by atoms with Gasteiger partial charge in [0.05, 0.1) is 6.61 Å². The summed E-state index contributed by atoms with van der Waals surface area (Å²) < 4.78 is 14.6. The predicted molar refractivity (Wildman–Crippen MR) is 50.8 cm³/mol. The van der Waals surface area contributed by atoms with Crippen molar-refractivity contribution in [2.45, 2.75) is 32.1 Å². The molecular weight excluding hydrogens is 195 g/mol. The van der Waals surface area contributed by atoms with Gasteiger partial charge < -0.3 is 9.79 Å². The first kappa shape index (κ1) is 12.3. The van der Waals surface area contributed by atoms with E-state index in [0.29, 0.717) is 0 Å². The molecule has 0 radical (unpaired) electrons. The molecule has 0 spiro atoms. The third-order valence-electron chi connectivity index (χ3n) is 1.33. The van der Waals surface area contributed by atoms with Gasteiger partial charge in [-0.05, 0) is 6.42 Å². The lowest BCUT2D eigenvalue weighted by Gasteiger charge is -2.15. The highest BCUT2D eigenvalue weighted by Gasteiger charge is 2.15. The number of rotatable bonds is 5. The van der Waals surface area contributed by atoms with Gasteiger partial charge in [0, 0.05) is 8.07 Å². The van der Waals surface area contributed by atoms with Crippen molar-refractivity contribution in [1.29, 1.82) is 0 Å². The fraction of sp³-hybridized carbons (Fsp3) is 1.00. The number of hydrogen-bond acceptors (Lipinski definition) is 2. The minimum Gasteiger partial charge on any atom is -0.303 e. The zero-order chi connectivity index (χ0) is 9.83. The number of phosphoric ester groups is 1. The zero-order valence-corrected chi connectivity index (χ0v) is 9.67. The van der Waals surface area contributed by atoms with Gasteiger partial charge in [-0.15, -0.1) is 0 Å². The second kappa shape index (κ2) is 4.53. The van der Waals surface area contributed by atoms with Crippen LogP contribution >= 0.6 is 7.82 Å². The minimum absolute atomic E-state index is 0.161. The second-order valence-electron chi connectivity index (χ2n) is 3.99. The maximum atomic E-state index is 10.2. The summed E-state index contributed by atoms with van der Waals surface area (Å²) in [7, 11) is -5.32. The third-order valence-corrected chi connectivity index (χ3v) is 3.70. The van der Waals surface area contributed by atoms with Crippen LogP contribution in [0.25, 0.3) is 0 Å². The van der Waals surface area contributed by atoms with Crippen molar-refractivity contribution in [3.05, 3.63) is 0 Å². The molecule has 12 heavy (non-hydrogen) atoms. The van der Waals surface area contributed by atoms with Gasteiger partial charge in [-0.1, -0.05) is 25.7 Å². The Morgan fingerprint density at radius 3 is 2.17 bits per heavy atom. The lowest BCUT2D eigenvalue weighted by molar-refractivity contribution is 0.197. The van der Waals surface area contributed by atoms with E-state index in [9.17, 15) is 4.57 Å². The Labute approximate surface area is 74.2 Å². The van der Waals surface area contributed by atoms with Crippen molar-refractivity contribution in [2.24, 2.45) is 0 Å². The Bertz CT molecular complexity index is 171. The molecule has 2 N–H and O–H groups in total. The van der Waals surface area contributed by atoms with E-state index in [1.54, 1.807) is 0 Å². The van der Waals surface area contributed by atoms with E-state index >= 15 is 0 Å². The maximum Gasteiger partial charge on any atom is 0.469 e. The van der Waals surface area contributed by atoms with E-state index < -0.39 is 15.9 Å². The highest BCUT2D eigenvalue weighted by Crippen LogP contribution is 2.35. The Hall–Kier alpha value is 0.327. The monoisotopic (exact) mass is 212 g/mol. The van der Waals surface area contributed by atoms with Crippen LogP contribution in [0.1, 0.15) is 6.42 Å². The minimum atomic E-state index is -4.23. The summed E-state index contributed by atoms with van der Waals surface area (Å²) in [5.41, 5.74) is 0. The van der Waals surface area contributed by atoms with Gasteiger partial charge in [-0.3, -0.25) is 4.52 Å². The Morgan fingerprint density at radius 1 is 1.33 bits per heavy atom. The molecule has 6 heteroatoms. The number of phosphoric acid groups is 1. The lowest BCUT2D eigenvalue weighted by Crippen LogP contribution is -2.19. The summed E-state index contributed by atoms with van der Waals surface area (Å²) in [6.45, 7) is 6.80. The molecule has 0 fully saturated rings. The molecule has 0 aromatic rings. The fourth-order valence-electron chi connectivity index (χ4n) is 0.786. The third kappa shape index (κ3) is 10.3. The van der Waals surface area contributed by atoms with Crippen LogP contribution in [0, 0.1) is 0 Å². The molecule has 0 aromatic carbocycles. The summed E-state index contributed by atoms with van der Waals surface area (Å²) in [5, 5.41) is 0. The molecule has 0 aliphatic heterocycles. The first-order chi connectivity index (χ1) is 5.21. The molecule has 0 aliphatic rings. The molecule has 0 aromatic heterocycles. The standard InChI is InChI=1S/C6H17O4PSi/c1-12(2,3)6-4-5-10-11(7,8)9/h4-6H2,1-3H3,(H2,7,8,9). The molecule has 0 saturated heterocycles. The molecule has 0 bridgehead atoms. The summed E-state index contributed by atoms with van der Waals surface area (Å²) in [4.78, 5) is 16.7. The van der Waals surface area contributed by atoms with Gasteiger partial charge in [0.2, 0.25) is 0 Å². The van der Waals surface area contributed by atoms with Gasteiger partial charge in [-0.25, -0.2) is 4.57 Å². The first-order valence-corrected chi connectivity index (χ1v) is 9.14. The van der Waals surface area contributed by atoms with E-state index in [1.165, 1.54) is 0 Å². The van der Waals surface area contributed by atoms with Gasteiger partial charge in [0.25, 0.3) is 0 Å². The van der Waals surface area contributed by atoms with E-state index in [1.807, 2.05) is 0 Å². The van der Waals surface area contributed by atoms with Crippen molar-refractivity contribution in [2.75, 3.05) is 6.61 Å². The average Bonchev–Trinajstić information content (AvgIpc) is 1.76. The zero-order valence-electron chi connectivity index (χ0n) is 7.78. The van der Waals surface area contributed by atoms with E-state index in [2.05, 4.69) is 24.2 Å². The highest BCUT2D eigenvalue weighted by atomic mass is 31.2. The van der Waals surface area contributed by atoms with Gasteiger partial charge >= 0.3 is 7.82 Å². The summed E-state index contributed by atoms with van der Waals surface area (Å²) in [5.74, 6) is 0. The molecule has 0 aliphatic carbocycles. The molecule has 0 rings (SSSR count). The van der Waals surface area contributed by atoms with Crippen molar-refractivity contribution in [1.82, 2.24) is 0 Å². The van der Waals surface area contributed by atoms with Crippen molar-refractivity contribution >= 4 is 15.9 Å². The van der Waals surface area contributed by atoms with Gasteiger partial charge in [0.1, 0.15) is 0 Å². The van der Waals surface area contributed by atoms with E-state index in [4.69, 9.17) is 9.79 Å². The summed E-state index contributed by atoms with van der Waals surface area (Å²) in [6.07, 6.45) is 0.737. The Morgan fingerprint density at radius 2 is 1.83 bits per heavy atom. The second-order valence-corrected chi connectivity index (χ2v) is 10.8. The molecular formula is C6H17O4PSi. The Kier molecular flexibility index (Phi) is 4.65. The average molecular weight is 212 g/mol. The maximum absolute atomic E-state index is 10.2. The van der Waals surface area contributed by atoms with Crippen molar-refractivity contribution < 1.29 is 18.9 Å². The van der Waals surface area contributed by atoms with Crippen LogP contribution in [0.2, 0.25) is 25.7 Å². The fourth-order valence-corrected chi connectivity index (χ4v) is 2.36. The molecule has 0 atom stereocenters. The van der Waals surface area contributed by atoms with Crippen LogP contribution in [-0.4, -0.2) is 24.5 Å². The highest BCUT2D eigenvalue weighted by molar-refractivity contribution is 7.46. The van der Waals surface area contributed by atoms with Crippen molar-refractivity contribution in [3.8, 4) is 0 Å². The quantitative estimate of drug-likeness (QED) is 0.414. The largest absolute Gasteiger partial charge is 0.469 e. The van der Waals surface area contributed by atoms with E-state index in [0.717, 1.165) is 12.5 Å². The SMILES string of the molecule is C[Si](C)(C)CCCOP(=O)(O)O. The van der Waals surface area contributed by atoms with Crippen LogP contribution in [0.15, 0.2) is 0 Å². The molecule has 0 unspecified atom stereocenters. The molecule has 0 heterocycles. The van der Waals surface area contributed by atoms with Crippen LogP contribution in [0.4, 0.5) is 0 Å². The molecule has 0 saturated carbocycles. The Balaban J connectivity index is 3.41. The molecule has 4 nitrogen and oxygen atoms in total. The van der Waals surface area contributed by atoms with Gasteiger partial charge in [-0.2, -0.15) is 0 Å². The first-order valence-electron chi connectivity index (χ1n) is 3.91. The van der Waals surface area contributed by atoms with Gasteiger partial charge in [0.15, 0.2) is 0 Å². The predicted octanol–water partition coefficient (Wildman–Crippen LogP) is 1.82. The smallest absolute Gasteiger partial charge is 0.303 e. The summed E-state index contributed by atoms with van der Waals surface area (Å²) >= 11 is 0. The molecule has 0 amide bonds. The van der Waals surface area contributed by atoms with E-state index in [-0.39, 0.29) is 6.61 Å². The van der Waals surface area contributed by atoms with Crippen LogP contribution < -0.4 is 0 Å². The lowest BCUT2D eigenvalue weighted by atomic mass is 10.5. The summed E-state index contributed by atoms with van der Waals surface area (Å²) in [6, 6.07) is 1.03. The normalized spacial score (nSPS) is 13.4. The number of hydrogen-bond donors (Lipinski definition) is 2. The van der Waals surface area contributed by atoms with Crippen LogP contribution in [-0.2, 0) is 9.09 Å².